The molecule has 1 heterocycles. The molecule has 1 saturated heterocycles. The lowest BCUT2D eigenvalue weighted by Crippen LogP contribution is -2.67. The van der Waals surface area contributed by atoms with Crippen LogP contribution in [0.2, 0.25) is 0 Å². The molecule has 1 amide bonds. The molecule has 0 aromatic heterocycles. The lowest BCUT2D eigenvalue weighted by molar-refractivity contribution is -0.296. The van der Waals surface area contributed by atoms with Crippen molar-refractivity contribution in [3.05, 3.63) is 0 Å². The van der Waals surface area contributed by atoms with Crippen molar-refractivity contribution in [2.75, 3.05) is 13.7 Å². The van der Waals surface area contributed by atoms with Crippen LogP contribution in [0.15, 0.2) is 0 Å². The van der Waals surface area contributed by atoms with Crippen molar-refractivity contribution >= 4 is 11.9 Å². The van der Waals surface area contributed by atoms with E-state index in [9.17, 15) is 30.0 Å². The van der Waals surface area contributed by atoms with Crippen molar-refractivity contribution in [2.45, 2.75) is 49.6 Å². The van der Waals surface area contributed by atoms with Crippen LogP contribution in [0, 0.1) is 0 Å². The molecule has 0 aromatic carbocycles. The lowest BCUT2D eigenvalue weighted by Gasteiger charge is -2.45. The summed E-state index contributed by atoms with van der Waals surface area (Å²) in [4.78, 5) is 23.0. The van der Waals surface area contributed by atoms with Gasteiger partial charge in [0.25, 0.3) is 5.79 Å². The van der Waals surface area contributed by atoms with Gasteiger partial charge in [-0.3, -0.25) is 4.79 Å². The van der Waals surface area contributed by atoms with Gasteiger partial charge in [-0.2, -0.15) is 0 Å². The highest BCUT2D eigenvalue weighted by atomic mass is 16.7. The Morgan fingerprint density at radius 2 is 2.18 bits per heavy atom. The molecule has 1 aliphatic rings. The van der Waals surface area contributed by atoms with Gasteiger partial charge in [-0.1, -0.05) is 0 Å². The van der Waals surface area contributed by atoms with Gasteiger partial charge in [-0.05, 0) is 0 Å². The number of nitrogens with one attached hydrogen (secondary N) is 1. The second-order valence-electron chi connectivity index (χ2n) is 4.96. The van der Waals surface area contributed by atoms with Gasteiger partial charge < -0.3 is 40.3 Å². The molecule has 128 valence electrons. The summed E-state index contributed by atoms with van der Waals surface area (Å²) >= 11 is 0. The maximum Gasteiger partial charge on any atom is 0.366 e. The first-order chi connectivity index (χ1) is 10.7. The number of ether oxygens (including phenoxy) is 2. The monoisotopic (exact) mass is 324 g/mol. The predicted molar refractivity (Wildman–Crippen MR) is 69.2 cm³/mol. The average molecular weight is 324 g/mol. The van der Waals surface area contributed by atoms with Crippen molar-refractivity contribution in [3.8, 4) is 0 Å². The molecular weight excluding hydrogens is 302 g/mol. The Morgan fingerprint density at radius 3 is 2.68 bits per heavy atom. The zero-order valence-electron chi connectivity index (χ0n) is 12.9. The highest BCUT2D eigenvalue weighted by Gasteiger charge is 2.54. The first kappa shape index (κ1) is 17.1. The van der Waals surface area contributed by atoms with Crippen molar-refractivity contribution < 1.29 is 46.0 Å². The molecule has 10 heteroatoms. The van der Waals surface area contributed by atoms with Crippen LogP contribution in [0.5, 0.6) is 0 Å². The van der Waals surface area contributed by atoms with E-state index < -0.39 is 68.0 Å². The van der Waals surface area contributed by atoms with Crippen molar-refractivity contribution in [2.24, 2.45) is 0 Å². The summed E-state index contributed by atoms with van der Waals surface area (Å²) < 4.78 is 16.4. The summed E-state index contributed by atoms with van der Waals surface area (Å²) in [5, 5.41) is 50.9. The minimum absolute atomic E-state index is 0.666. The number of methoxy groups -OCH3 is 1. The number of aliphatic hydroxyl groups excluding tert-OH is 4. The predicted octanol–water partition coefficient (Wildman–Crippen LogP) is -3.78. The van der Waals surface area contributed by atoms with Gasteiger partial charge in [0.2, 0.25) is 5.91 Å². The molecule has 1 unspecified atom stereocenters. The Balaban J connectivity index is 3.10. The summed E-state index contributed by atoms with van der Waals surface area (Å²) in [6.45, 7) is -1.54. The molecule has 1 fully saturated rings. The fourth-order valence-electron chi connectivity index (χ4n) is 2.24. The van der Waals surface area contributed by atoms with Gasteiger partial charge in [-0.15, -0.1) is 0 Å². The maximum atomic E-state index is 11.6. The molecule has 0 bridgehead atoms. The van der Waals surface area contributed by atoms with Crippen LogP contribution in [0.3, 0.4) is 0 Å². The summed E-state index contributed by atoms with van der Waals surface area (Å²) in [6, 6.07) is -1.33. The van der Waals surface area contributed by atoms with Crippen molar-refractivity contribution in [3.63, 3.8) is 0 Å². The smallest absolute Gasteiger partial charge is 0.366 e. The zero-order valence-corrected chi connectivity index (χ0v) is 11.9. The van der Waals surface area contributed by atoms with Crippen LogP contribution < -0.4 is 5.32 Å². The summed E-state index contributed by atoms with van der Waals surface area (Å²) in [7, 11) is 0.970. The Hall–Kier alpha value is -1.30. The van der Waals surface area contributed by atoms with Crippen LogP contribution in [0.1, 0.15) is 14.7 Å². The van der Waals surface area contributed by atoms with Gasteiger partial charge in [0.15, 0.2) is 0 Å². The number of hydrogen-bond acceptors (Lipinski definition) is 9. The number of amides is 1. The first-order valence-electron chi connectivity index (χ1n) is 7.13. The third-order valence-corrected chi connectivity index (χ3v) is 3.34. The number of rotatable bonds is 5. The van der Waals surface area contributed by atoms with E-state index in [0.717, 1.165) is 7.11 Å². The van der Waals surface area contributed by atoms with E-state index in [0.29, 0.717) is 0 Å². The largest absolute Gasteiger partial charge is 0.465 e. The first-order valence-corrected chi connectivity index (χ1v) is 6.42. The molecule has 6 N–H and O–H groups in total. The number of carbonyl (C=O) groups excluding carboxylic acids is 2. The molecule has 0 aliphatic carbocycles. The molecular formula is C12H21NO9. The summed E-state index contributed by atoms with van der Waals surface area (Å²) in [5.41, 5.74) is 0. The van der Waals surface area contributed by atoms with Crippen LogP contribution in [0.4, 0.5) is 0 Å². The van der Waals surface area contributed by atoms with E-state index in [2.05, 4.69) is 10.1 Å². The molecule has 0 radical (unpaired) electrons. The molecule has 6 atom stereocenters. The summed E-state index contributed by atoms with van der Waals surface area (Å²) in [6.07, 6.45) is -7.42. The van der Waals surface area contributed by atoms with Crippen LogP contribution in [-0.2, 0) is 19.1 Å². The standard InChI is InChI=1S/C12H21NO9/c1-5(15)13-8-6(16)3-12(20,11(19)21-2)22-10(8)9(18)7(17)4-14/h6-10,14,16-18,20H,3-4H2,1-2H3,(H,13,15)/t6-,7+,8+,9+,10+,12?/m0/s1/i1D. The van der Waals surface area contributed by atoms with E-state index in [4.69, 9.17) is 11.2 Å². The Morgan fingerprint density at radius 1 is 1.55 bits per heavy atom. The summed E-state index contributed by atoms with van der Waals surface area (Å²) in [5.74, 6) is -4.65. The minimum Gasteiger partial charge on any atom is -0.465 e. The third kappa shape index (κ3) is 3.91. The fourth-order valence-corrected chi connectivity index (χ4v) is 2.24. The Labute approximate surface area is 127 Å². The molecule has 0 saturated carbocycles. The van der Waals surface area contributed by atoms with E-state index in [1.807, 2.05) is 0 Å². The number of hydrogen-bond donors (Lipinski definition) is 6. The average Bonchev–Trinajstić information content (AvgIpc) is 2.54. The van der Waals surface area contributed by atoms with Crippen molar-refractivity contribution in [1.82, 2.24) is 5.32 Å². The van der Waals surface area contributed by atoms with Crippen LogP contribution in [0.25, 0.3) is 0 Å². The minimum atomic E-state index is -2.60. The van der Waals surface area contributed by atoms with E-state index >= 15 is 0 Å². The maximum absolute atomic E-state index is 11.6. The molecule has 1 aliphatic heterocycles. The van der Waals surface area contributed by atoms with Gasteiger partial charge in [-0.25, -0.2) is 4.79 Å². The van der Waals surface area contributed by atoms with Gasteiger partial charge in [0.1, 0.15) is 18.3 Å². The van der Waals surface area contributed by atoms with Gasteiger partial charge in [0, 0.05) is 14.7 Å². The van der Waals surface area contributed by atoms with Crippen LogP contribution >= 0.6 is 0 Å². The van der Waals surface area contributed by atoms with Crippen LogP contribution in [-0.4, -0.2) is 87.4 Å². The highest BCUT2D eigenvalue weighted by Crippen LogP contribution is 2.31. The van der Waals surface area contributed by atoms with Gasteiger partial charge in [0.05, 0.1) is 25.9 Å². The topological polar surface area (TPSA) is 166 Å². The zero-order chi connectivity index (χ0) is 17.8. The quantitative estimate of drug-likeness (QED) is 0.278. The lowest BCUT2D eigenvalue weighted by atomic mass is 9.88. The molecule has 1 rings (SSSR count). The molecule has 22 heavy (non-hydrogen) atoms. The normalized spacial score (nSPS) is 35.2. The third-order valence-electron chi connectivity index (χ3n) is 3.34. The molecule has 0 spiro atoms. The Kier molecular flexibility index (Phi) is 5.67. The fraction of sp³-hybridized carbons (Fsp3) is 0.833. The number of esters is 1. The van der Waals surface area contributed by atoms with Crippen molar-refractivity contribution in [1.29, 1.82) is 0 Å². The molecule has 0 aromatic rings. The second kappa shape index (κ2) is 7.31. The van der Waals surface area contributed by atoms with E-state index in [1.165, 1.54) is 0 Å². The second-order valence-corrected chi connectivity index (χ2v) is 4.96. The highest BCUT2D eigenvalue weighted by molar-refractivity contribution is 5.78. The number of carbonyl (C=O) groups is 2. The Bertz CT molecular complexity index is 437. The number of aliphatic hydroxyl groups is 5. The SMILES string of the molecule is [2H]CC(=O)N[C@H]1[C@H]([C@H](O)[C@H](O)CO)OC(O)(C(=O)OC)C[C@@H]1O. The van der Waals surface area contributed by atoms with E-state index in [1.54, 1.807) is 0 Å². The van der Waals surface area contributed by atoms with Gasteiger partial charge >= 0.3 is 5.97 Å². The molecule has 10 nitrogen and oxygen atoms in total. The van der Waals surface area contributed by atoms with E-state index in [-0.39, 0.29) is 0 Å².